The first-order valence-corrected chi connectivity index (χ1v) is 13.3. The summed E-state index contributed by atoms with van der Waals surface area (Å²) in [6.45, 7) is 4.18. The van der Waals surface area contributed by atoms with E-state index in [1.807, 2.05) is 4.90 Å². The molecule has 1 saturated heterocycles. The largest absolute Gasteiger partial charge is 0.478 e. The van der Waals surface area contributed by atoms with Crippen LogP contribution in [0.4, 0.5) is 17.5 Å². The van der Waals surface area contributed by atoms with E-state index >= 15 is 0 Å². The van der Waals surface area contributed by atoms with Gasteiger partial charge in [0.15, 0.2) is 0 Å². The number of sulfonamides is 1. The van der Waals surface area contributed by atoms with E-state index in [4.69, 9.17) is 11.6 Å². The average molecular weight is 539 g/mol. The Labute approximate surface area is 218 Å². The van der Waals surface area contributed by atoms with Gasteiger partial charge in [0, 0.05) is 54.7 Å². The number of carboxylic acid groups (broad SMARTS) is 1. The molecule has 0 atom stereocenters. The lowest BCUT2D eigenvalue weighted by molar-refractivity contribution is 0.0699. The number of aromatic nitrogens is 3. The maximum Gasteiger partial charge on any atom is 0.336 e. The zero-order chi connectivity index (χ0) is 26.2. The van der Waals surface area contributed by atoms with Crippen molar-refractivity contribution in [2.75, 3.05) is 40.7 Å². The van der Waals surface area contributed by atoms with Gasteiger partial charge in [-0.2, -0.15) is 0 Å². The number of halogens is 1. The average Bonchev–Trinajstić information content (AvgIpc) is 2.90. The molecule has 37 heavy (non-hydrogen) atoms. The number of pyridine rings is 1. The number of benzene rings is 2. The molecule has 2 N–H and O–H groups in total. The van der Waals surface area contributed by atoms with Crippen LogP contribution >= 0.6 is 11.6 Å². The predicted molar refractivity (Wildman–Crippen MR) is 142 cm³/mol. The number of hydrogen-bond donors (Lipinski definition) is 2. The fourth-order valence-corrected chi connectivity index (χ4v) is 5.84. The summed E-state index contributed by atoms with van der Waals surface area (Å²) < 4.78 is 28.5. The summed E-state index contributed by atoms with van der Waals surface area (Å²) in [5, 5.41) is 10.6. The van der Waals surface area contributed by atoms with Gasteiger partial charge in [0.1, 0.15) is 5.82 Å². The summed E-state index contributed by atoms with van der Waals surface area (Å²) >= 11 is 6.10. The van der Waals surface area contributed by atoms with Crippen LogP contribution in [-0.4, -0.2) is 60.6 Å². The van der Waals surface area contributed by atoms with Crippen LogP contribution in [0.3, 0.4) is 0 Å². The molecule has 0 amide bonds. The van der Waals surface area contributed by atoms with E-state index in [1.54, 1.807) is 49.6 Å². The number of carbonyl (C=O) groups is 1. The molecule has 0 saturated carbocycles. The van der Waals surface area contributed by atoms with Crippen molar-refractivity contribution in [3.8, 4) is 0 Å². The number of fused-ring (bicyclic) bond motifs is 1. The zero-order valence-electron chi connectivity index (χ0n) is 19.8. The minimum absolute atomic E-state index is 0.0359. The Morgan fingerprint density at radius 2 is 1.70 bits per heavy atom. The fourth-order valence-electron chi connectivity index (χ4n) is 4.29. The summed E-state index contributed by atoms with van der Waals surface area (Å²) in [4.78, 5) is 29.5. The molecule has 2 aromatic carbocycles. The van der Waals surface area contributed by atoms with E-state index in [-0.39, 0.29) is 16.1 Å². The smallest absolute Gasteiger partial charge is 0.336 e. The van der Waals surface area contributed by atoms with E-state index in [0.717, 1.165) is 0 Å². The summed E-state index contributed by atoms with van der Waals surface area (Å²) in [5.74, 6) is 0.0693. The highest BCUT2D eigenvalue weighted by molar-refractivity contribution is 7.92. The standard InChI is InChI=1S/C25H23ClN6O4S/c1-16-20(26)4-2-5-22(16)37(35,36)30-17-6-7-21-18(14-17)19(24(33)34)15-23(29-21)31-10-12-32(13-11-31)25-27-8-3-9-28-25/h2-9,14-15,30H,10-13H2,1H3,(H,33,34). The number of piperazine rings is 1. The Bertz CT molecular complexity index is 1590. The zero-order valence-corrected chi connectivity index (χ0v) is 21.4. The number of hydrogen-bond acceptors (Lipinski definition) is 8. The van der Waals surface area contributed by atoms with Gasteiger partial charge in [0.2, 0.25) is 5.95 Å². The van der Waals surface area contributed by atoms with Crippen LogP contribution in [0.5, 0.6) is 0 Å². The first-order valence-electron chi connectivity index (χ1n) is 11.5. The van der Waals surface area contributed by atoms with Crippen molar-refractivity contribution in [2.24, 2.45) is 0 Å². The molecular formula is C25H23ClN6O4S. The maximum atomic E-state index is 13.0. The molecule has 10 nitrogen and oxygen atoms in total. The molecule has 2 aromatic heterocycles. The van der Waals surface area contributed by atoms with Gasteiger partial charge in [-0.1, -0.05) is 17.7 Å². The second kappa shape index (κ2) is 9.83. The van der Waals surface area contributed by atoms with E-state index in [9.17, 15) is 18.3 Å². The van der Waals surface area contributed by atoms with Gasteiger partial charge >= 0.3 is 5.97 Å². The Morgan fingerprint density at radius 1 is 1.00 bits per heavy atom. The van der Waals surface area contributed by atoms with Crippen LogP contribution in [0.2, 0.25) is 5.02 Å². The van der Waals surface area contributed by atoms with Crippen molar-refractivity contribution in [3.63, 3.8) is 0 Å². The SMILES string of the molecule is Cc1c(Cl)cccc1S(=O)(=O)Nc1ccc2nc(N3CCN(c4ncccn4)CC3)cc(C(=O)O)c2c1. The Morgan fingerprint density at radius 3 is 2.41 bits per heavy atom. The normalized spacial score (nSPS) is 14.1. The molecule has 0 radical (unpaired) electrons. The first-order chi connectivity index (χ1) is 17.7. The van der Waals surface area contributed by atoms with Crippen LogP contribution in [-0.2, 0) is 10.0 Å². The Hall–Kier alpha value is -3.96. The van der Waals surface area contributed by atoms with Crippen molar-refractivity contribution >= 4 is 56.0 Å². The quantitative estimate of drug-likeness (QED) is 0.376. The topological polar surface area (TPSA) is 129 Å². The molecule has 4 aromatic rings. The highest BCUT2D eigenvalue weighted by Crippen LogP contribution is 2.29. The monoisotopic (exact) mass is 538 g/mol. The summed E-state index contributed by atoms with van der Waals surface area (Å²) in [6, 6.07) is 12.6. The van der Waals surface area contributed by atoms with Crippen molar-refractivity contribution in [3.05, 3.63) is 77.1 Å². The molecule has 1 fully saturated rings. The number of carboxylic acids is 1. The van der Waals surface area contributed by atoms with Crippen molar-refractivity contribution in [2.45, 2.75) is 11.8 Å². The minimum Gasteiger partial charge on any atom is -0.478 e. The van der Waals surface area contributed by atoms with Crippen LogP contribution in [0, 0.1) is 6.92 Å². The summed E-state index contributed by atoms with van der Waals surface area (Å²) in [6.07, 6.45) is 3.40. The molecule has 5 rings (SSSR count). The van der Waals surface area contributed by atoms with Gasteiger partial charge in [-0.25, -0.2) is 28.2 Å². The first kappa shape index (κ1) is 24.7. The number of rotatable bonds is 6. The van der Waals surface area contributed by atoms with Gasteiger partial charge in [-0.3, -0.25) is 4.72 Å². The number of nitrogens with one attached hydrogen (secondary N) is 1. The highest BCUT2D eigenvalue weighted by Gasteiger charge is 2.23. The van der Waals surface area contributed by atoms with Gasteiger partial charge < -0.3 is 14.9 Å². The van der Waals surface area contributed by atoms with E-state index in [2.05, 4.69) is 24.6 Å². The van der Waals surface area contributed by atoms with E-state index < -0.39 is 16.0 Å². The Balaban J connectivity index is 1.43. The third-order valence-corrected chi connectivity index (χ3v) is 8.16. The number of aromatic carboxylic acids is 1. The number of anilines is 3. The van der Waals surface area contributed by atoms with Crippen LogP contribution in [0.15, 0.2) is 65.8 Å². The second-order valence-corrected chi connectivity index (χ2v) is 10.6. The van der Waals surface area contributed by atoms with Crippen LogP contribution in [0.1, 0.15) is 15.9 Å². The molecule has 0 spiro atoms. The lowest BCUT2D eigenvalue weighted by Crippen LogP contribution is -2.47. The maximum absolute atomic E-state index is 13.0. The van der Waals surface area contributed by atoms with Gasteiger partial charge in [0.05, 0.1) is 16.0 Å². The van der Waals surface area contributed by atoms with Gasteiger partial charge in [-0.15, -0.1) is 0 Å². The molecule has 0 unspecified atom stereocenters. The molecule has 0 bridgehead atoms. The molecule has 1 aliphatic heterocycles. The summed E-state index contributed by atoms with van der Waals surface area (Å²) in [5.41, 5.74) is 1.13. The highest BCUT2D eigenvalue weighted by atomic mass is 35.5. The predicted octanol–water partition coefficient (Wildman–Crippen LogP) is 3.81. The third kappa shape index (κ3) is 5.00. The minimum atomic E-state index is -3.95. The Kier molecular flexibility index (Phi) is 6.57. The van der Waals surface area contributed by atoms with Gasteiger partial charge in [0.25, 0.3) is 10.0 Å². The molecular weight excluding hydrogens is 516 g/mol. The lowest BCUT2D eigenvalue weighted by Gasteiger charge is -2.35. The van der Waals surface area contributed by atoms with E-state index in [1.165, 1.54) is 18.2 Å². The molecule has 0 aliphatic carbocycles. The third-order valence-electron chi connectivity index (χ3n) is 6.22. The van der Waals surface area contributed by atoms with Crippen molar-refractivity contribution in [1.82, 2.24) is 15.0 Å². The van der Waals surface area contributed by atoms with Crippen LogP contribution in [0.25, 0.3) is 10.9 Å². The lowest BCUT2D eigenvalue weighted by atomic mass is 10.1. The summed E-state index contributed by atoms with van der Waals surface area (Å²) in [7, 11) is -3.95. The molecule has 12 heteroatoms. The number of nitrogens with zero attached hydrogens (tertiary/aromatic N) is 5. The molecule has 1 aliphatic rings. The fraction of sp³-hybridized carbons (Fsp3) is 0.200. The van der Waals surface area contributed by atoms with Gasteiger partial charge in [-0.05, 0) is 55.0 Å². The molecule has 3 heterocycles. The van der Waals surface area contributed by atoms with Crippen LogP contribution < -0.4 is 14.5 Å². The van der Waals surface area contributed by atoms with Crippen molar-refractivity contribution < 1.29 is 18.3 Å². The second-order valence-electron chi connectivity index (χ2n) is 8.56. The van der Waals surface area contributed by atoms with E-state index in [0.29, 0.717) is 59.4 Å². The van der Waals surface area contributed by atoms with Crippen molar-refractivity contribution in [1.29, 1.82) is 0 Å². The molecule has 190 valence electrons.